The van der Waals surface area contributed by atoms with Crippen LogP contribution in [-0.2, 0) is 14.8 Å². The van der Waals surface area contributed by atoms with Gasteiger partial charge in [0.25, 0.3) is 0 Å². The molecule has 0 fully saturated rings. The molecule has 0 bridgehead atoms. The summed E-state index contributed by atoms with van der Waals surface area (Å²) in [4.78, 5) is 13.2. The maximum atomic E-state index is 13.8. The molecule has 1 aromatic carbocycles. The lowest BCUT2D eigenvalue weighted by atomic mass is 10.2. The monoisotopic (exact) mass is 567 g/mol. The highest BCUT2D eigenvalue weighted by Gasteiger charge is 2.36. The van der Waals surface area contributed by atoms with E-state index in [0.717, 1.165) is 11.3 Å². The smallest absolute Gasteiger partial charge is 0.243 e. The van der Waals surface area contributed by atoms with E-state index in [9.17, 15) is 8.42 Å². The van der Waals surface area contributed by atoms with Crippen molar-refractivity contribution in [3.63, 3.8) is 0 Å². The Labute approximate surface area is 233 Å². The van der Waals surface area contributed by atoms with E-state index in [2.05, 4.69) is 29.9 Å². The third-order valence-corrected chi connectivity index (χ3v) is 7.72. The first-order valence-electron chi connectivity index (χ1n) is 12.6. The fourth-order valence-electron chi connectivity index (χ4n) is 4.05. The highest BCUT2D eigenvalue weighted by atomic mass is 32.2. The van der Waals surface area contributed by atoms with Crippen molar-refractivity contribution in [2.45, 2.75) is 52.1 Å². The van der Waals surface area contributed by atoms with Gasteiger partial charge in [-0.3, -0.25) is 9.29 Å². The van der Waals surface area contributed by atoms with Gasteiger partial charge in [-0.2, -0.15) is 0 Å². The Morgan fingerprint density at radius 3 is 2.10 bits per heavy atom. The molecule has 13 heteroatoms. The lowest BCUT2D eigenvalue weighted by Gasteiger charge is -2.25. The third-order valence-electron chi connectivity index (χ3n) is 6.03. The van der Waals surface area contributed by atoms with Crippen molar-refractivity contribution >= 4 is 16.0 Å². The maximum Gasteiger partial charge on any atom is 0.243 e. The van der Waals surface area contributed by atoms with E-state index in [1.54, 1.807) is 36.7 Å². The van der Waals surface area contributed by atoms with Gasteiger partial charge in [-0.15, -0.1) is 10.2 Å². The van der Waals surface area contributed by atoms with Gasteiger partial charge >= 0.3 is 0 Å². The van der Waals surface area contributed by atoms with Crippen molar-refractivity contribution < 1.29 is 22.6 Å². The van der Waals surface area contributed by atoms with Crippen molar-refractivity contribution in [2.24, 2.45) is 0 Å². The summed E-state index contributed by atoms with van der Waals surface area (Å²) >= 11 is 0. The number of benzene rings is 1. The number of nitrogens with one attached hydrogen (secondary N) is 1. The molecule has 2 atom stereocenters. The highest BCUT2D eigenvalue weighted by Crippen LogP contribution is 2.38. The summed E-state index contributed by atoms with van der Waals surface area (Å²) in [5.41, 5.74) is 2.48. The van der Waals surface area contributed by atoms with Gasteiger partial charge in [0.2, 0.25) is 16.0 Å². The fourth-order valence-corrected chi connectivity index (χ4v) is 5.14. The first kappa shape index (κ1) is 28.9. The number of hydrogen-bond donors (Lipinski definition) is 1. The molecule has 212 valence electrons. The van der Waals surface area contributed by atoms with Gasteiger partial charge in [0.15, 0.2) is 11.6 Å². The van der Waals surface area contributed by atoms with Crippen molar-refractivity contribution in [1.82, 2.24) is 29.7 Å². The second-order valence-corrected chi connectivity index (χ2v) is 11.5. The van der Waals surface area contributed by atoms with Crippen LogP contribution in [-0.4, -0.2) is 63.7 Å². The highest BCUT2D eigenvalue weighted by molar-refractivity contribution is 7.93. The number of anilines is 1. The van der Waals surface area contributed by atoms with E-state index in [4.69, 9.17) is 14.2 Å². The number of rotatable bonds is 11. The molecule has 4 aromatic rings. The van der Waals surface area contributed by atoms with Crippen LogP contribution in [0.1, 0.15) is 44.0 Å². The summed E-state index contributed by atoms with van der Waals surface area (Å²) < 4.78 is 49.1. The second-order valence-electron chi connectivity index (χ2n) is 9.43. The molecule has 3 aromatic heterocycles. The number of ether oxygens (including phenoxy) is 3. The fraction of sp³-hybridized carbons (Fsp3) is 0.370. The molecule has 0 amide bonds. The number of methoxy groups -OCH3 is 2. The number of sulfonamides is 1. The molecule has 0 saturated heterocycles. The van der Waals surface area contributed by atoms with Crippen molar-refractivity contribution in [2.75, 3.05) is 18.9 Å². The number of aryl methyl sites for hydroxylation is 2. The first-order valence-corrected chi connectivity index (χ1v) is 14.2. The molecule has 0 radical (unpaired) electrons. The molecule has 0 spiro atoms. The Morgan fingerprint density at radius 2 is 1.52 bits per heavy atom. The van der Waals surface area contributed by atoms with Crippen LogP contribution in [0.2, 0.25) is 0 Å². The topological polar surface area (TPSA) is 143 Å². The number of hydrogen-bond acceptors (Lipinski definition) is 10. The van der Waals surface area contributed by atoms with Crippen LogP contribution >= 0.6 is 0 Å². The Balaban J connectivity index is 1.85. The molecule has 0 aliphatic carbocycles. The van der Waals surface area contributed by atoms with Crippen LogP contribution in [0.5, 0.6) is 11.5 Å². The van der Waals surface area contributed by atoms with Crippen LogP contribution in [0.15, 0.2) is 48.8 Å². The van der Waals surface area contributed by atoms with Crippen molar-refractivity contribution in [3.05, 3.63) is 65.9 Å². The zero-order valence-electron chi connectivity index (χ0n) is 23.5. The van der Waals surface area contributed by atoms with E-state index in [1.807, 2.05) is 39.8 Å². The Kier molecular flexibility index (Phi) is 8.64. The van der Waals surface area contributed by atoms with Gasteiger partial charge < -0.3 is 14.2 Å². The molecular formula is C27H33N7O5S. The number of para-hydroxylation sites is 1. The van der Waals surface area contributed by atoms with Crippen LogP contribution in [0.25, 0.3) is 17.2 Å². The van der Waals surface area contributed by atoms with Gasteiger partial charge in [0.1, 0.15) is 34.2 Å². The Bertz CT molecular complexity index is 1550. The number of pyridine rings is 1. The summed E-state index contributed by atoms with van der Waals surface area (Å²) in [7, 11) is -1.13. The predicted molar refractivity (Wildman–Crippen MR) is 150 cm³/mol. The van der Waals surface area contributed by atoms with Crippen LogP contribution in [0.3, 0.4) is 0 Å². The lowest BCUT2D eigenvalue weighted by molar-refractivity contribution is 0.00152. The van der Waals surface area contributed by atoms with Crippen LogP contribution in [0.4, 0.5) is 5.95 Å². The zero-order valence-corrected chi connectivity index (χ0v) is 24.3. The average molecular weight is 568 g/mol. The second kappa shape index (κ2) is 12.0. The molecule has 3 heterocycles. The Hall–Kier alpha value is -4.10. The van der Waals surface area contributed by atoms with Gasteiger partial charge in [0.05, 0.1) is 20.3 Å². The Morgan fingerprint density at radius 1 is 0.900 bits per heavy atom. The van der Waals surface area contributed by atoms with E-state index in [0.29, 0.717) is 22.9 Å². The van der Waals surface area contributed by atoms with E-state index < -0.39 is 21.4 Å². The summed E-state index contributed by atoms with van der Waals surface area (Å²) in [5, 5.41) is 7.43. The molecule has 0 saturated carbocycles. The van der Waals surface area contributed by atoms with E-state index in [1.165, 1.54) is 25.7 Å². The van der Waals surface area contributed by atoms with Gasteiger partial charge in [-0.05, 0) is 64.4 Å². The van der Waals surface area contributed by atoms with Crippen molar-refractivity contribution in [1.29, 1.82) is 0 Å². The third kappa shape index (κ3) is 6.05. The zero-order chi connectivity index (χ0) is 29.0. The molecule has 4 rings (SSSR count). The first-order chi connectivity index (χ1) is 19.1. The predicted octanol–water partition coefficient (Wildman–Crippen LogP) is 4.05. The van der Waals surface area contributed by atoms with Crippen LogP contribution in [0, 0.1) is 13.8 Å². The SMILES string of the molecule is COc1cccc(OC)c1-n1c(NS(=O)(=O)C(C)C(OC(C)C)c2ncc(C)cn2)nnc1-c1cccc(C)n1. The normalized spacial score (nSPS) is 13.2. The quantitative estimate of drug-likeness (QED) is 0.282. The number of aromatic nitrogens is 6. The van der Waals surface area contributed by atoms with Gasteiger partial charge in [-0.25, -0.2) is 23.4 Å². The number of nitrogens with zero attached hydrogens (tertiary/aromatic N) is 6. The van der Waals surface area contributed by atoms with E-state index >= 15 is 0 Å². The minimum absolute atomic E-state index is 0.0823. The molecule has 40 heavy (non-hydrogen) atoms. The van der Waals surface area contributed by atoms with E-state index in [-0.39, 0.29) is 23.7 Å². The molecule has 1 N–H and O–H groups in total. The maximum absolute atomic E-state index is 13.8. The van der Waals surface area contributed by atoms with Crippen molar-refractivity contribution in [3.8, 4) is 28.7 Å². The molecule has 2 unspecified atom stereocenters. The average Bonchev–Trinajstić information content (AvgIpc) is 3.33. The largest absolute Gasteiger partial charge is 0.494 e. The molecule has 0 aliphatic rings. The minimum atomic E-state index is -4.14. The van der Waals surface area contributed by atoms with Crippen LogP contribution < -0.4 is 14.2 Å². The lowest BCUT2D eigenvalue weighted by Crippen LogP contribution is -2.35. The van der Waals surface area contributed by atoms with Gasteiger partial charge in [-0.1, -0.05) is 12.1 Å². The summed E-state index contributed by atoms with van der Waals surface area (Å²) in [6.45, 7) is 8.87. The summed E-state index contributed by atoms with van der Waals surface area (Å²) in [6, 6.07) is 10.7. The summed E-state index contributed by atoms with van der Waals surface area (Å²) in [5.74, 6) is 1.29. The van der Waals surface area contributed by atoms with Gasteiger partial charge in [0, 0.05) is 18.1 Å². The molecule has 12 nitrogen and oxygen atoms in total. The molecular weight excluding hydrogens is 534 g/mol. The minimum Gasteiger partial charge on any atom is -0.494 e. The molecule has 0 aliphatic heterocycles. The standard InChI is InChI=1S/C27H33N7O5S/c1-16(2)39-24(25-28-14-17(3)15-29-25)19(5)40(35,36)33-27-32-31-26(20-11-8-10-18(4)30-20)34(27)23-21(37-6)12-9-13-22(23)38-7/h8-16,19,24H,1-7H3,(H,32,33). The summed E-state index contributed by atoms with van der Waals surface area (Å²) in [6.07, 6.45) is 2.01.